The zero-order valence-corrected chi connectivity index (χ0v) is 13.0. The monoisotopic (exact) mass is 312 g/mol. The van der Waals surface area contributed by atoms with Gasteiger partial charge in [0.2, 0.25) is 10.0 Å². The number of carbonyl (C=O) groups excluding carboxylic acids is 1. The number of benzene rings is 1. The zero-order valence-electron chi connectivity index (χ0n) is 12.2. The van der Waals surface area contributed by atoms with Crippen LogP contribution in [0.4, 0.5) is 0 Å². The van der Waals surface area contributed by atoms with Crippen molar-refractivity contribution < 1.29 is 18.3 Å². The van der Waals surface area contributed by atoms with Crippen molar-refractivity contribution in [3.63, 3.8) is 0 Å². The molecule has 0 radical (unpaired) electrons. The molecule has 1 aliphatic heterocycles. The van der Waals surface area contributed by atoms with Crippen LogP contribution in [0.25, 0.3) is 0 Å². The number of β-amino-alcohol motifs (C(OH)–C–C–N with tert-alkyl or cyclic N) is 1. The van der Waals surface area contributed by atoms with Crippen LogP contribution in [0, 0.1) is 0 Å². The van der Waals surface area contributed by atoms with Crippen molar-refractivity contribution in [2.45, 2.75) is 23.8 Å². The number of rotatable bonds is 3. The summed E-state index contributed by atoms with van der Waals surface area (Å²) in [5.74, 6) is -0.178. The second-order valence-corrected chi connectivity index (χ2v) is 7.51. The fraction of sp³-hybridized carbons (Fsp3) is 0.500. The summed E-state index contributed by atoms with van der Waals surface area (Å²) in [5.41, 5.74) is 0.432. The highest BCUT2D eigenvalue weighted by Crippen LogP contribution is 2.17. The van der Waals surface area contributed by atoms with Gasteiger partial charge in [0.1, 0.15) is 0 Å². The van der Waals surface area contributed by atoms with Crippen molar-refractivity contribution in [1.82, 2.24) is 9.21 Å². The molecule has 0 bridgehead atoms. The minimum atomic E-state index is -3.48. The standard InChI is InChI=1S/C14H20N2O4S/c1-15(2)21(19,20)13-7-5-11(6-8-13)14(18)16-9-3-4-12(17)10-16/h5-8,12,17H,3-4,9-10H2,1-2H3. The Labute approximate surface area is 125 Å². The molecule has 1 heterocycles. The summed E-state index contributed by atoms with van der Waals surface area (Å²) in [4.78, 5) is 14.1. The Morgan fingerprint density at radius 1 is 1.29 bits per heavy atom. The van der Waals surface area contributed by atoms with Gasteiger partial charge in [-0.2, -0.15) is 0 Å². The number of aliphatic hydroxyl groups is 1. The summed E-state index contributed by atoms with van der Waals surface area (Å²) in [7, 11) is -0.561. The Morgan fingerprint density at radius 2 is 1.90 bits per heavy atom. The molecule has 21 heavy (non-hydrogen) atoms. The van der Waals surface area contributed by atoms with Gasteiger partial charge in [0.15, 0.2) is 0 Å². The van der Waals surface area contributed by atoms with Gasteiger partial charge in [0.05, 0.1) is 11.0 Å². The lowest BCUT2D eigenvalue weighted by atomic mass is 10.1. The molecule has 1 aromatic rings. The molecule has 1 aromatic carbocycles. The number of amides is 1. The zero-order chi connectivity index (χ0) is 15.6. The van der Waals surface area contributed by atoms with Crippen molar-refractivity contribution in [2.75, 3.05) is 27.2 Å². The number of aliphatic hydroxyl groups excluding tert-OH is 1. The minimum Gasteiger partial charge on any atom is -0.391 e. The Kier molecular flexibility index (Phi) is 4.65. The fourth-order valence-electron chi connectivity index (χ4n) is 2.30. The van der Waals surface area contributed by atoms with Gasteiger partial charge in [-0.3, -0.25) is 4.79 Å². The van der Waals surface area contributed by atoms with Crippen LogP contribution in [-0.4, -0.2) is 61.9 Å². The van der Waals surface area contributed by atoms with Crippen molar-refractivity contribution in [3.05, 3.63) is 29.8 Å². The van der Waals surface area contributed by atoms with Crippen molar-refractivity contribution in [1.29, 1.82) is 0 Å². The van der Waals surface area contributed by atoms with Crippen LogP contribution in [0.3, 0.4) is 0 Å². The highest BCUT2D eigenvalue weighted by Gasteiger charge is 2.24. The SMILES string of the molecule is CN(C)S(=O)(=O)c1ccc(C(=O)N2CCCC(O)C2)cc1. The third-order valence-electron chi connectivity index (χ3n) is 3.56. The molecule has 0 saturated carbocycles. The Hall–Kier alpha value is -1.44. The number of carbonyl (C=O) groups is 1. The van der Waals surface area contributed by atoms with Gasteiger partial charge >= 0.3 is 0 Å². The van der Waals surface area contributed by atoms with Crippen molar-refractivity contribution >= 4 is 15.9 Å². The predicted octanol–water partition coefficient (Wildman–Crippen LogP) is 0.534. The maximum Gasteiger partial charge on any atom is 0.253 e. The number of nitrogens with zero attached hydrogens (tertiary/aromatic N) is 2. The summed E-state index contributed by atoms with van der Waals surface area (Å²) >= 11 is 0. The second-order valence-electron chi connectivity index (χ2n) is 5.36. The van der Waals surface area contributed by atoms with Gasteiger partial charge in [-0.15, -0.1) is 0 Å². The average Bonchev–Trinajstić information content (AvgIpc) is 2.46. The first-order chi connectivity index (χ1) is 9.82. The molecule has 1 saturated heterocycles. The maximum atomic E-state index is 12.3. The summed E-state index contributed by atoms with van der Waals surface area (Å²) < 4.78 is 25.0. The first kappa shape index (κ1) is 15.9. The van der Waals surface area contributed by atoms with Gasteiger partial charge in [0.25, 0.3) is 5.91 Å². The highest BCUT2D eigenvalue weighted by atomic mass is 32.2. The molecule has 116 valence electrons. The smallest absolute Gasteiger partial charge is 0.253 e. The van der Waals surface area contributed by atoms with Gasteiger partial charge in [0, 0.05) is 32.7 Å². The first-order valence-corrected chi connectivity index (χ1v) is 8.26. The molecule has 0 spiro atoms. The van der Waals surface area contributed by atoms with E-state index in [9.17, 15) is 18.3 Å². The van der Waals surface area contributed by atoms with Crippen molar-refractivity contribution in [2.24, 2.45) is 0 Å². The van der Waals surface area contributed by atoms with Crippen LogP contribution in [-0.2, 0) is 10.0 Å². The summed E-state index contributed by atoms with van der Waals surface area (Å²) in [6, 6.07) is 5.89. The lowest BCUT2D eigenvalue weighted by molar-refractivity contribution is 0.0473. The first-order valence-electron chi connectivity index (χ1n) is 6.82. The van der Waals surface area contributed by atoms with E-state index in [1.165, 1.54) is 38.4 Å². The number of sulfonamides is 1. The molecule has 6 nitrogen and oxygen atoms in total. The molecule has 1 unspecified atom stereocenters. The van der Waals surface area contributed by atoms with Crippen LogP contribution in [0.15, 0.2) is 29.2 Å². The predicted molar refractivity (Wildman–Crippen MR) is 78.5 cm³/mol. The fourth-order valence-corrected chi connectivity index (χ4v) is 3.20. The van der Waals surface area contributed by atoms with Crippen LogP contribution < -0.4 is 0 Å². The van der Waals surface area contributed by atoms with Crippen molar-refractivity contribution in [3.8, 4) is 0 Å². The molecule has 1 aliphatic rings. The number of hydrogen-bond donors (Lipinski definition) is 1. The summed E-state index contributed by atoms with van der Waals surface area (Å²) in [6.07, 6.45) is 1.01. The van der Waals surface area contributed by atoms with E-state index < -0.39 is 16.1 Å². The maximum absolute atomic E-state index is 12.3. The average molecular weight is 312 g/mol. The van der Waals surface area contributed by atoms with E-state index in [2.05, 4.69) is 0 Å². The molecule has 1 fully saturated rings. The summed E-state index contributed by atoms with van der Waals surface area (Å²) in [5, 5.41) is 9.61. The quantitative estimate of drug-likeness (QED) is 0.883. The number of likely N-dealkylation sites (tertiary alicyclic amines) is 1. The van der Waals surface area contributed by atoms with E-state index in [1.807, 2.05) is 0 Å². The molecule has 1 amide bonds. The van der Waals surface area contributed by atoms with Crippen LogP contribution in [0.5, 0.6) is 0 Å². The molecule has 2 rings (SSSR count). The highest BCUT2D eigenvalue weighted by molar-refractivity contribution is 7.89. The third-order valence-corrected chi connectivity index (χ3v) is 5.39. The lowest BCUT2D eigenvalue weighted by Gasteiger charge is -2.30. The summed E-state index contributed by atoms with van der Waals surface area (Å²) in [6.45, 7) is 0.949. The van der Waals surface area contributed by atoms with E-state index in [1.54, 1.807) is 4.90 Å². The Balaban J connectivity index is 2.17. The normalized spacial score (nSPS) is 19.8. The van der Waals surface area contributed by atoms with Gasteiger partial charge in [-0.1, -0.05) is 0 Å². The number of piperidine rings is 1. The van der Waals surface area contributed by atoms with E-state index in [0.29, 0.717) is 25.1 Å². The lowest BCUT2D eigenvalue weighted by Crippen LogP contribution is -2.42. The Morgan fingerprint density at radius 3 is 2.43 bits per heavy atom. The molecular weight excluding hydrogens is 292 g/mol. The van der Waals surface area contributed by atoms with E-state index >= 15 is 0 Å². The second kappa shape index (κ2) is 6.13. The molecule has 0 aromatic heterocycles. The topological polar surface area (TPSA) is 77.9 Å². The Bertz CT molecular complexity index is 610. The van der Waals surface area contributed by atoms with Gasteiger partial charge in [-0.25, -0.2) is 12.7 Å². The van der Waals surface area contributed by atoms with Gasteiger partial charge in [-0.05, 0) is 37.1 Å². The van der Waals surface area contributed by atoms with E-state index in [-0.39, 0.29) is 10.8 Å². The van der Waals surface area contributed by atoms with E-state index in [0.717, 1.165) is 10.7 Å². The van der Waals surface area contributed by atoms with Crippen LogP contribution in [0.2, 0.25) is 0 Å². The third kappa shape index (κ3) is 3.42. The number of hydrogen-bond acceptors (Lipinski definition) is 4. The molecule has 1 atom stereocenters. The van der Waals surface area contributed by atoms with E-state index in [4.69, 9.17) is 0 Å². The van der Waals surface area contributed by atoms with Gasteiger partial charge < -0.3 is 10.0 Å². The van der Waals surface area contributed by atoms with Crippen LogP contribution in [0.1, 0.15) is 23.2 Å². The molecule has 7 heteroatoms. The largest absolute Gasteiger partial charge is 0.391 e. The van der Waals surface area contributed by atoms with Crippen LogP contribution >= 0.6 is 0 Å². The molecule has 0 aliphatic carbocycles. The molecular formula is C14H20N2O4S. The minimum absolute atomic E-state index is 0.155. The molecule has 1 N–H and O–H groups in total.